The number of anilines is 1. The van der Waals surface area contributed by atoms with Gasteiger partial charge >= 0.3 is 5.97 Å². The lowest BCUT2D eigenvalue weighted by atomic mass is 9.77. The molecular formula is C13H16N2O3. The van der Waals surface area contributed by atoms with Crippen molar-refractivity contribution in [3.05, 3.63) is 29.8 Å². The zero-order chi connectivity index (χ0) is 13.2. The van der Waals surface area contributed by atoms with Crippen molar-refractivity contribution in [3.8, 4) is 0 Å². The molecule has 0 spiro atoms. The number of hydrogen-bond donors (Lipinski definition) is 3. The van der Waals surface area contributed by atoms with E-state index in [4.69, 9.17) is 10.8 Å². The Morgan fingerprint density at radius 1 is 1.33 bits per heavy atom. The van der Waals surface area contributed by atoms with Gasteiger partial charge in [-0.1, -0.05) is 18.2 Å². The molecule has 0 saturated heterocycles. The van der Waals surface area contributed by atoms with Gasteiger partial charge in [-0.3, -0.25) is 9.59 Å². The Morgan fingerprint density at radius 2 is 2.00 bits per heavy atom. The molecule has 1 aromatic rings. The van der Waals surface area contributed by atoms with Gasteiger partial charge in [0.2, 0.25) is 5.91 Å². The molecule has 1 aliphatic rings. The third-order valence-corrected chi connectivity index (χ3v) is 3.31. The van der Waals surface area contributed by atoms with Crippen molar-refractivity contribution in [2.24, 2.45) is 5.73 Å². The van der Waals surface area contributed by atoms with Crippen molar-refractivity contribution in [1.29, 1.82) is 0 Å². The van der Waals surface area contributed by atoms with Gasteiger partial charge in [0.15, 0.2) is 0 Å². The first-order chi connectivity index (χ1) is 8.51. The van der Waals surface area contributed by atoms with Crippen LogP contribution in [0.3, 0.4) is 0 Å². The van der Waals surface area contributed by atoms with E-state index in [9.17, 15) is 9.59 Å². The molecule has 96 valence electrons. The lowest BCUT2D eigenvalue weighted by Gasteiger charge is -2.36. The zero-order valence-electron chi connectivity index (χ0n) is 9.98. The molecule has 5 nitrogen and oxygen atoms in total. The molecule has 4 N–H and O–H groups in total. The summed E-state index contributed by atoms with van der Waals surface area (Å²) in [6, 6.07) is 6.88. The Kier molecular flexibility index (Phi) is 3.34. The quantitative estimate of drug-likeness (QED) is 0.744. The van der Waals surface area contributed by atoms with Crippen LogP contribution >= 0.6 is 0 Å². The molecule has 0 heterocycles. The second-order valence-electron chi connectivity index (χ2n) is 4.69. The van der Waals surface area contributed by atoms with Gasteiger partial charge in [-0.2, -0.15) is 0 Å². The van der Waals surface area contributed by atoms with E-state index in [2.05, 4.69) is 5.32 Å². The normalized spacial score (nSPS) is 16.7. The molecule has 0 aliphatic heterocycles. The third-order valence-electron chi connectivity index (χ3n) is 3.31. The first-order valence-electron chi connectivity index (χ1n) is 5.91. The molecule has 1 saturated carbocycles. The second-order valence-corrected chi connectivity index (χ2v) is 4.69. The van der Waals surface area contributed by atoms with Crippen LogP contribution in [0.1, 0.15) is 24.8 Å². The summed E-state index contributed by atoms with van der Waals surface area (Å²) in [4.78, 5) is 22.7. The third kappa shape index (κ3) is 2.51. The summed E-state index contributed by atoms with van der Waals surface area (Å²) in [6.45, 7) is 0. The molecule has 1 aliphatic carbocycles. The summed E-state index contributed by atoms with van der Waals surface area (Å²) in [6.07, 6.45) is 2.20. The molecule has 2 rings (SSSR count). The smallest absolute Gasteiger partial charge is 0.307 e. The summed E-state index contributed by atoms with van der Waals surface area (Å²) in [7, 11) is 0. The largest absolute Gasteiger partial charge is 0.481 e. The predicted molar refractivity (Wildman–Crippen MR) is 67.2 cm³/mol. The predicted octanol–water partition coefficient (Wildman–Crippen LogP) is 1.13. The van der Waals surface area contributed by atoms with E-state index >= 15 is 0 Å². The van der Waals surface area contributed by atoms with Crippen molar-refractivity contribution < 1.29 is 14.7 Å². The highest BCUT2D eigenvalue weighted by Crippen LogP contribution is 2.30. The highest BCUT2D eigenvalue weighted by molar-refractivity contribution is 5.99. The number of nitrogens with one attached hydrogen (secondary N) is 1. The topological polar surface area (TPSA) is 92.4 Å². The SMILES string of the molecule is NC1(C(=O)Nc2ccccc2CC(=O)O)CCC1. The molecule has 1 amide bonds. The van der Waals surface area contributed by atoms with Gasteiger partial charge in [0.25, 0.3) is 0 Å². The summed E-state index contributed by atoms with van der Waals surface area (Å²) in [5, 5.41) is 11.5. The number of carboxylic acid groups (broad SMARTS) is 1. The van der Waals surface area contributed by atoms with Crippen LogP contribution in [0.4, 0.5) is 5.69 Å². The minimum absolute atomic E-state index is 0.117. The Balaban J connectivity index is 2.13. The number of hydrogen-bond acceptors (Lipinski definition) is 3. The van der Waals surface area contributed by atoms with Gasteiger partial charge in [0, 0.05) is 5.69 Å². The molecule has 5 heteroatoms. The number of amides is 1. The van der Waals surface area contributed by atoms with E-state index in [0.29, 0.717) is 24.1 Å². The fourth-order valence-corrected chi connectivity index (χ4v) is 1.99. The number of para-hydroxylation sites is 1. The monoisotopic (exact) mass is 248 g/mol. The van der Waals surface area contributed by atoms with Crippen LogP contribution in [0.25, 0.3) is 0 Å². The van der Waals surface area contributed by atoms with Gasteiger partial charge in [0.05, 0.1) is 12.0 Å². The molecular weight excluding hydrogens is 232 g/mol. The average Bonchev–Trinajstić information content (AvgIpc) is 2.27. The van der Waals surface area contributed by atoms with Crippen molar-refractivity contribution in [2.45, 2.75) is 31.2 Å². The molecule has 0 bridgehead atoms. The first-order valence-corrected chi connectivity index (χ1v) is 5.91. The lowest BCUT2D eigenvalue weighted by Crippen LogP contribution is -2.56. The highest BCUT2D eigenvalue weighted by atomic mass is 16.4. The van der Waals surface area contributed by atoms with E-state index in [1.807, 2.05) is 0 Å². The minimum atomic E-state index is -0.928. The van der Waals surface area contributed by atoms with Crippen LogP contribution in [-0.2, 0) is 16.0 Å². The van der Waals surface area contributed by atoms with Crippen molar-refractivity contribution >= 4 is 17.6 Å². The van der Waals surface area contributed by atoms with E-state index in [-0.39, 0.29) is 12.3 Å². The fourth-order valence-electron chi connectivity index (χ4n) is 1.99. The second kappa shape index (κ2) is 4.78. The molecule has 18 heavy (non-hydrogen) atoms. The van der Waals surface area contributed by atoms with Gasteiger partial charge in [-0.15, -0.1) is 0 Å². The Hall–Kier alpha value is -1.88. The fraction of sp³-hybridized carbons (Fsp3) is 0.385. The van der Waals surface area contributed by atoms with Crippen molar-refractivity contribution in [3.63, 3.8) is 0 Å². The van der Waals surface area contributed by atoms with Crippen LogP contribution in [0, 0.1) is 0 Å². The molecule has 1 fully saturated rings. The minimum Gasteiger partial charge on any atom is -0.481 e. The molecule has 0 aromatic heterocycles. The number of carbonyl (C=O) groups excluding carboxylic acids is 1. The maximum atomic E-state index is 12.0. The van der Waals surface area contributed by atoms with Gasteiger partial charge in [-0.05, 0) is 30.9 Å². The molecule has 0 atom stereocenters. The summed E-state index contributed by atoms with van der Waals surface area (Å²) < 4.78 is 0. The number of carboxylic acids is 1. The van der Waals surface area contributed by atoms with Gasteiger partial charge in [0.1, 0.15) is 0 Å². The number of aliphatic carboxylic acids is 1. The van der Waals surface area contributed by atoms with Crippen molar-refractivity contribution in [1.82, 2.24) is 0 Å². The maximum Gasteiger partial charge on any atom is 0.307 e. The van der Waals surface area contributed by atoms with Gasteiger partial charge in [-0.25, -0.2) is 0 Å². The zero-order valence-corrected chi connectivity index (χ0v) is 9.98. The van der Waals surface area contributed by atoms with Crippen LogP contribution < -0.4 is 11.1 Å². The van der Waals surface area contributed by atoms with Crippen LogP contribution in [0.15, 0.2) is 24.3 Å². The van der Waals surface area contributed by atoms with E-state index in [0.717, 1.165) is 6.42 Å². The average molecular weight is 248 g/mol. The summed E-state index contributed by atoms with van der Waals surface area (Å²) in [5.41, 5.74) is 6.25. The van der Waals surface area contributed by atoms with Crippen LogP contribution in [0.2, 0.25) is 0 Å². The standard InChI is InChI=1S/C13H16N2O3/c14-13(6-3-7-13)12(18)15-10-5-2-1-4-9(10)8-11(16)17/h1-2,4-5H,3,6-8,14H2,(H,15,18)(H,16,17). The summed E-state index contributed by atoms with van der Waals surface area (Å²) >= 11 is 0. The Labute approximate surface area is 105 Å². The number of nitrogens with two attached hydrogens (primary N) is 1. The highest BCUT2D eigenvalue weighted by Gasteiger charge is 2.40. The van der Waals surface area contributed by atoms with E-state index in [1.54, 1.807) is 24.3 Å². The number of benzene rings is 1. The summed E-state index contributed by atoms with van der Waals surface area (Å²) in [5.74, 6) is -1.16. The molecule has 0 radical (unpaired) electrons. The van der Waals surface area contributed by atoms with Crippen LogP contribution in [-0.4, -0.2) is 22.5 Å². The van der Waals surface area contributed by atoms with Crippen molar-refractivity contribution in [2.75, 3.05) is 5.32 Å². The van der Waals surface area contributed by atoms with Gasteiger partial charge < -0.3 is 16.2 Å². The van der Waals surface area contributed by atoms with Crippen LogP contribution in [0.5, 0.6) is 0 Å². The molecule has 0 unspecified atom stereocenters. The maximum absolute atomic E-state index is 12.0. The van der Waals surface area contributed by atoms with E-state index < -0.39 is 11.5 Å². The number of rotatable bonds is 4. The molecule has 1 aromatic carbocycles. The lowest BCUT2D eigenvalue weighted by molar-refractivity contribution is -0.136. The number of carbonyl (C=O) groups is 2. The first kappa shape index (κ1) is 12.6. The Bertz CT molecular complexity index is 481. The van der Waals surface area contributed by atoms with E-state index in [1.165, 1.54) is 0 Å². The Morgan fingerprint density at radius 3 is 2.56 bits per heavy atom.